The first-order valence-electron chi connectivity index (χ1n) is 6.21. The van der Waals surface area contributed by atoms with E-state index in [2.05, 4.69) is 28.9 Å². The van der Waals surface area contributed by atoms with E-state index in [0.717, 1.165) is 17.8 Å². The van der Waals surface area contributed by atoms with Gasteiger partial charge in [0.15, 0.2) is 0 Å². The summed E-state index contributed by atoms with van der Waals surface area (Å²) in [6, 6.07) is 11.9. The maximum absolute atomic E-state index is 9.13. The first-order valence-corrected chi connectivity index (χ1v) is 7.09. The van der Waals surface area contributed by atoms with Crippen LogP contribution in [0.3, 0.4) is 0 Å². The Morgan fingerprint density at radius 3 is 2.90 bits per heavy atom. The fraction of sp³-hybridized carbons (Fsp3) is 0.188. The minimum atomic E-state index is 0.376. The molecule has 2 N–H and O–H groups in total. The molecule has 0 unspecified atom stereocenters. The summed E-state index contributed by atoms with van der Waals surface area (Å²) in [5, 5.41) is 11.2. The van der Waals surface area contributed by atoms with Crippen LogP contribution in [0.5, 0.6) is 0 Å². The molecule has 1 aromatic carbocycles. The van der Waals surface area contributed by atoms with Gasteiger partial charge in [0.05, 0.1) is 24.3 Å². The molecule has 0 aliphatic rings. The lowest BCUT2D eigenvalue weighted by Crippen LogP contribution is -2.16. The van der Waals surface area contributed by atoms with Gasteiger partial charge in [0, 0.05) is 22.9 Å². The van der Waals surface area contributed by atoms with Crippen molar-refractivity contribution in [3.8, 4) is 17.9 Å². The van der Waals surface area contributed by atoms with Crippen LogP contribution in [-0.4, -0.2) is 13.6 Å². The maximum atomic E-state index is 9.13. The average molecular weight is 281 g/mol. The van der Waals surface area contributed by atoms with Crippen LogP contribution >= 0.6 is 11.3 Å². The Morgan fingerprint density at radius 2 is 2.15 bits per heavy atom. The Morgan fingerprint density at radius 1 is 1.35 bits per heavy atom. The van der Waals surface area contributed by atoms with Crippen molar-refractivity contribution in [3.05, 3.63) is 51.7 Å². The maximum Gasteiger partial charge on any atom is 0.101 e. The largest absolute Gasteiger partial charge is 0.368 e. The van der Waals surface area contributed by atoms with Gasteiger partial charge >= 0.3 is 0 Å². The quantitative estimate of drug-likeness (QED) is 0.880. The van der Waals surface area contributed by atoms with Gasteiger partial charge < -0.3 is 10.6 Å². The first kappa shape index (κ1) is 14.1. The highest BCUT2D eigenvalue weighted by molar-refractivity contribution is 7.10. The number of nitrogens with two attached hydrogens (primary N) is 1. The minimum absolute atomic E-state index is 0.376. The van der Waals surface area contributed by atoms with E-state index in [-0.39, 0.29) is 0 Å². The predicted octanol–water partition coefficient (Wildman–Crippen LogP) is 2.57. The van der Waals surface area contributed by atoms with Gasteiger partial charge in [0.2, 0.25) is 0 Å². The second-order valence-corrected chi connectivity index (χ2v) is 5.29. The van der Waals surface area contributed by atoms with Crippen LogP contribution in [0.4, 0.5) is 5.69 Å². The van der Waals surface area contributed by atoms with E-state index >= 15 is 0 Å². The SMILES string of the molecule is CN(Cc1cc(C#CCN)cs1)c1ccccc1C#N. The minimum Gasteiger partial charge on any atom is -0.368 e. The Kier molecular flexibility index (Phi) is 4.79. The van der Waals surface area contributed by atoms with Gasteiger partial charge in [-0.05, 0) is 18.2 Å². The third kappa shape index (κ3) is 3.39. The second-order valence-electron chi connectivity index (χ2n) is 4.29. The fourth-order valence-corrected chi connectivity index (χ4v) is 2.77. The molecule has 0 aliphatic carbocycles. The van der Waals surface area contributed by atoms with Crippen molar-refractivity contribution in [1.29, 1.82) is 5.26 Å². The molecule has 0 spiro atoms. The zero-order chi connectivity index (χ0) is 14.4. The van der Waals surface area contributed by atoms with Crippen molar-refractivity contribution < 1.29 is 0 Å². The first-order chi connectivity index (χ1) is 9.74. The number of nitriles is 1. The molecule has 0 radical (unpaired) electrons. The molecule has 0 saturated carbocycles. The molecule has 20 heavy (non-hydrogen) atoms. The van der Waals surface area contributed by atoms with Gasteiger partial charge in [-0.25, -0.2) is 0 Å². The molecular formula is C16H15N3S. The van der Waals surface area contributed by atoms with Crippen LogP contribution in [0.15, 0.2) is 35.7 Å². The molecule has 0 bridgehead atoms. The monoisotopic (exact) mass is 281 g/mol. The molecule has 1 aromatic heterocycles. The summed E-state index contributed by atoms with van der Waals surface area (Å²) in [5.41, 5.74) is 7.99. The van der Waals surface area contributed by atoms with Gasteiger partial charge in [-0.3, -0.25) is 0 Å². The van der Waals surface area contributed by atoms with Crippen LogP contribution < -0.4 is 10.6 Å². The standard InChI is InChI=1S/C16H15N3S/c1-19(16-7-3-2-6-14(16)10-18)11-15-9-13(12-20-15)5-4-8-17/h2-3,6-7,9,12H,8,11,17H2,1H3. The number of anilines is 1. The molecule has 4 heteroatoms. The van der Waals surface area contributed by atoms with Crippen LogP contribution in [-0.2, 0) is 6.54 Å². The Labute approximate surface area is 123 Å². The summed E-state index contributed by atoms with van der Waals surface area (Å²) in [4.78, 5) is 3.28. The molecule has 0 saturated heterocycles. The van der Waals surface area contributed by atoms with Crippen molar-refractivity contribution in [2.45, 2.75) is 6.54 Å². The average Bonchev–Trinajstić information content (AvgIpc) is 2.92. The Hall–Kier alpha value is -2.27. The van der Waals surface area contributed by atoms with Crippen molar-refractivity contribution >= 4 is 17.0 Å². The van der Waals surface area contributed by atoms with Crippen molar-refractivity contribution in [3.63, 3.8) is 0 Å². The van der Waals surface area contributed by atoms with Gasteiger partial charge in [-0.15, -0.1) is 11.3 Å². The lowest BCUT2D eigenvalue weighted by Gasteiger charge is -2.19. The summed E-state index contributed by atoms with van der Waals surface area (Å²) in [5.74, 6) is 5.87. The summed E-state index contributed by atoms with van der Waals surface area (Å²) >= 11 is 1.67. The summed E-state index contributed by atoms with van der Waals surface area (Å²) < 4.78 is 0. The van der Waals surface area contributed by atoms with Gasteiger partial charge in [0.25, 0.3) is 0 Å². The molecule has 1 heterocycles. The third-order valence-electron chi connectivity index (χ3n) is 2.82. The normalized spacial score (nSPS) is 9.45. The summed E-state index contributed by atoms with van der Waals surface area (Å²) in [6.45, 7) is 1.13. The van der Waals surface area contributed by atoms with Crippen LogP contribution in [0.2, 0.25) is 0 Å². The van der Waals surface area contributed by atoms with E-state index in [4.69, 9.17) is 11.0 Å². The molecular weight excluding hydrogens is 266 g/mol. The topological polar surface area (TPSA) is 53.0 Å². The molecule has 2 aromatic rings. The number of rotatable bonds is 3. The van der Waals surface area contributed by atoms with E-state index in [0.29, 0.717) is 12.1 Å². The summed E-state index contributed by atoms with van der Waals surface area (Å²) in [7, 11) is 1.99. The molecule has 0 amide bonds. The zero-order valence-electron chi connectivity index (χ0n) is 11.3. The van der Waals surface area contributed by atoms with Crippen molar-refractivity contribution in [2.75, 3.05) is 18.5 Å². The van der Waals surface area contributed by atoms with E-state index in [1.807, 2.05) is 36.7 Å². The molecule has 100 valence electrons. The molecule has 2 rings (SSSR count). The molecule has 0 atom stereocenters. The fourth-order valence-electron chi connectivity index (χ4n) is 1.90. The van der Waals surface area contributed by atoms with Crippen LogP contribution in [0.25, 0.3) is 0 Å². The molecule has 3 nitrogen and oxygen atoms in total. The number of para-hydroxylation sites is 1. The molecule has 0 aliphatic heterocycles. The highest BCUT2D eigenvalue weighted by Gasteiger charge is 2.08. The van der Waals surface area contributed by atoms with E-state index in [9.17, 15) is 0 Å². The Bertz CT molecular complexity index is 685. The highest BCUT2D eigenvalue weighted by atomic mass is 32.1. The van der Waals surface area contributed by atoms with Crippen LogP contribution in [0, 0.1) is 23.2 Å². The lowest BCUT2D eigenvalue weighted by molar-refractivity contribution is 0.938. The molecule has 0 fully saturated rings. The summed E-state index contributed by atoms with van der Waals surface area (Å²) in [6.07, 6.45) is 0. The number of benzene rings is 1. The zero-order valence-corrected chi connectivity index (χ0v) is 12.1. The van der Waals surface area contributed by atoms with Crippen LogP contribution in [0.1, 0.15) is 16.0 Å². The number of hydrogen-bond acceptors (Lipinski definition) is 4. The number of nitrogens with zero attached hydrogens (tertiary/aromatic N) is 2. The lowest BCUT2D eigenvalue weighted by atomic mass is 10.2. The second kappa shape index (κ2) is 6.77. The predicted molar refractivity (Wildman–Crippen MR) is 83.5 cm³/mol. The van der Waals surface area contributed by atoms with E-state index in [1.165, 1.54) is 4.88 Å². The third-order valence-corrected chi connectivity index (χ3v) is 3.74. The number of hydrogen-bond donors (Lipinski definition) is 1. The van der Waals surface area contributed by atoms with Gasteiger partial charge in [-0.1, -0.05) is 24.0 Å². The highest BCUT2D eigenvalue weighted by Crippen LogP contribution is 2.22. The van der Waals surface area contributed by atoms with Crippen molar-refractivity contribution in [1.82, 2.24) is 0 Å². The van der Waals surface area contributed by atoms with Gasteiger partial charge in [-0.2, -0.15) is 5.26 Å². The Balaban J connectivity index is 2.13. The smallest absolute Gasteiger partial charge is 0.101 e. The van der Waals surface area contributed by atoms with E-state index < -0.39 is 0 Å². The van der Waals surface area contributed by atoms with Crippen molar-refractivity contribution in [2.24, 2.45) is 5.73 Å². The number of thiophene rings is 1. The van der Waals surface area contributed by atoms with E-state index in [1.54, 1.807) is 11.3 Å². The van der Waals surface area contributed by atoms with Gasteiger partial charge in [0.1, 0.15) is 6.07 Å².